The van der Waals surface area contributed by atoms with Crippen LogP contribution in [-0.2, 0) is 4.79 Å². The van der Waals surface area contributed by atoms with Crippen molar-refractivity contribution >= 4 is 5.91 Å². The number of rotatable bonds is 2. The van der Waals surface area contributed by atoms with Gasteiger partial charge in [0.1, 0.15) is 0 Å². The molecule has 1 heterocycles. The van der Waals surface area contributed by atoms with E-state index in [4.69, 9.17) is 5.73 Å². The van der Waals surface area contributed by atoms with Crippen LogP contribution in [0.3, 0.4) is 0 Å². The minimum Gasteiger partial charge on any atom is -0.350 e. The largest absolute Gasteiger partial charge is 0.350 e. The third-order valence-electron chi connectivity index (χ3n) is 3.65. The first-order chi connectivity index (χ1) is 7.66. The van der Waals surface area contributed by atoms with Crippen LogP contribution in [-0.4, -0.2) is 31.1 Å². The highest BCUT2D eigenvalue weighted by atomic mass is 16.1. The maximum Gasteiger partial charge on any atom is 0.247 e. The Morgan fingerprint density at radius 2 is 1.94 bits per heavy atom. The molecule has 0 atom stereocenters. The van der Waals surface area contributed by atoms with Crippen molar-refractivity contribution in [3.8, 4) is 0 Å². The summed E-state index contributed by atoms with van der Waals surface area (Å²) in [7, 11) is 0. The summed E-state index contributed by atoms with van der Waals surface area (Å²) in [4.78, 5) is 11.9. The van der Waals surface area contributed by atoms with Crippen LogP contribution >= 0.6 is 0 Å². The van der Waals surface area contributed by atoms with Crippen molar-refractivity contribution in [2.75, 3.05) is 13.1 Å². The lowest BCUT2D eigenvalue weighted by molar-refractivity contribution is -0.118. The summed E-state index contributed by atoms with van der Waals surface area (Å²) >= 11 is 0. The van der Waals surface area contributed by atoms with E-state index >= 15 is 0 Å². The van der Waals surface area contributed by atoms with Crippen LogP contribution in [0.1, 0.15) is 32.6 Å². The second kappa shape index (κ2) is 4.97. The lowest BCUT2D eigenvalue weighted by Gasteiger charge is -2.28. The van der Waals surface area contributed by atoms with E-state index in [0.29, 0.717) is 12.1 Å². The van der Waals surface area contributed by atoms with Crippen molar-refractivity contribution in [2.24, 2.45) is 5.73 Å². The molecule has 0 aromatic carbocycles. The standard InChI is InChI=1S/C12H21N3O/c1-8(9-6-14-7-9)12(16)15-11-4-2-10(13)3-5-11/h10-11,14H,2-7,13H2,1H3,(H,15,16). The number of hydrogen-bond donors (Lipinski definition) is 3. The van der Waals surface area contributed by atoms with Crippen LogP contribution in [0.4, 0.5) is 0 Å². The number of nitrogens with two attached hydrogens (primary N) is 1. The van der Waals surface area contributed by atoms with Gasteiger partial charge in [-0.25, -0.2) is 0 Å². The van der Waals surface area contributed by atoms with Gasteiger partial charge < -0.3 is 16.4 Å². The van der Waals surface area contributed by atoms with Gasteiger partial charge in [-0.1, -0.05) is 0 Å². The first-order valence-corrected chi connectivity index (χ1v) is 6.12. The van der Waals surface area contributed by atoms with E-state index in [1.165, 1.54) is 5.57 Å². The molecule has 4 heteroatoms. The molecule has 1 saturated carbocycles. The number of carbonyl (C=O) groups is 1. The Hall–Kier alpha value is -0.870. The van der Waals surface area contributed by atoms with E-state index in [-0.39, 0.29) is 5.91 Å². The third kappa shape index (κ3) is 2.62. The third-order valence-corrected chi connectivity index (χ3v) is 3.65. The zero-order valence-corrected chi connectivity index (χ0v) is 9.88. The fourth-order valence-corrected chi connectivity index (χ4v) is 2.23. The molecule has 0 aromatic heterocycles. The molecule has 0 aromatic rings. The van der Waals surface area contributed by atoms with Crippen molar-refractivity contribution in [1.29, 1.82) is 0 Å². The summed E-state index contributed by atoms with van der Waals surface area (Å²) in [5.74, 6) is 0.108. The second-order valence-electron chi connectivity index (χ2n) is 4.92. The normalized spacial score (nSPS) is 29.5. The fourth-order valence-electron chi connectivity index (χ4n) is 2.23. The summed E-state index contributed by atoms with van der Waals surface area (Å²) < 4.78 is 0. The molecule has 4 nitrogen and oxygen atoms in total. The Balaban J connectivity index is 1.83. The Morgan fingerprint density at radius 1 is 1.31 bits per heavy atom. The predicted molar refractivity (Wildman–Crippen MR) is 63.9 cm³/mol. The number of hydrogen-bond acceptors (Lipinski definition) is 3. The molecule has 2 aliphatic rings. The van der Waals surface area contributed by atoms with Gasteiger partial charge >= 0.3 is 0 Å². The van der Waals surface area contributed by atoms with Gasteiger partial charge in [0.2, 0.25) is 5.91 Å². The molecule has 1 aliphatic carbocycles. The van der Waals surface area contributed by atoms with Gasteiger partial charge in [0, 0.05) is 30.7 Å². The molecule has 0 spiro atoms. The molecule has 1 saturated heterocycles. The SMILES string of the molecule is CC(C(=O)NC1CCC(N)CC1)=C1CNC1. The lowest BCUT2D eigenvalue weighted by Crippen LogP contribution is -2.43. The summed E-state index contributed by atoms with van der Waals surface area (Å²) in [5.41, 5.74) is 7.97. The molecule has 0 unspecified atom stereocenters. The van der Waals surface area contributed by atoms with Gasteiger partial charge in [0.25, 0.3) is 0 Å². The molecule has 1 amide bonds. The average molecular weight is 223 g/mol. The zero-order valence-electron chi connectivity index (χ0n) is 9.88. The highest BCUT2D eigenvalue weighted by Gasteiger charge is 2.22. The van der Waals surface area contributed by atoms with Gasteiger partial charge in [-0.3, -0.25) is 4.79 Å². The Bertz CT molecular complexity index is 297. The van der Waals surface area contributed by atoms with E-state index in [1.807, 2.05) is 6.92 Å². The minimum atomic E-state index is 0.108. The van der Waals surface area contributed by atoms with Crippen molar-refractivity contribution < 1.29 is 4.79 Å². The fraction of sp³-hybridized carbons (Fsp3) is 0.750. The van der Waals surface area contributed by atoms with Gasteiger partial charge in [-0.2, -0.15) is 0 Å². The van der Waals surface area contributed by atoms with E-state index < -0.39 is 0 Å². The van der Waals surface area contributed by atoms with Crippen molar-refractivity contribution in [2.45, 2.75) is 44.7 Å². The van der Waals surface area contributed by atoms with Gasteiger partial charge in [-0.05, 0) is 38.2 Å². The van der Waals surface area contributed by atoms with Crippen LogP contribution in [0.2, 0.25) is 0 Å². The molecular weight excluding hydrogens is 202 g/mol. The molecular formula is C12H21N3O. The Labute approximate surface area is 96.7 Å². The molecule has 16 heavy (non-hydrogen) atoms. The Kier molecular flexibility index (Phi) is 3.61. The van der Waals surface area contributed by atoms with Crippen LogP contribution < -0.4 is 16.4 Å². The zero-order chi connectivity index (χ0) is 11.5. The van der Waals surface area contributed by atoms with E-state index in [9.17, 15) is 4.79 Å². The van der Waals surface area contributed by atoms with Gasteiger partial charge in [-0.15, -0.1) is 0 Å². The molecule has 4 N–H and O–H groups in total. The molecule has 0 bridgehead atoms. The minimum absolute atomic E-state index is 0.108. The highest BCUT2D eigenvalue weighted by Crippen LogP contribution is 2.18. The summed E-state index contributed by atoms with van der Waals surface area (Å²) in [6.07, 6.45) is 4.10. The summed E-state index contributed by atoms with van der Waals surface area (Å²) in [6, 6.07) is 0.666. The van der Waals surface area contributed by atoms with Crippen LogP contribution in [0.5, 0.6) is 0 Å². The highest BCUT2D eigenvalue weighted by molar-refractivity contribution is 5.94. The Morgan fingerprint density at radius 3 is 2.44 bits per heavy atom. The first-order valence-electron chi connectivity index (χ1n) is 6.12. The van der Waals surface area contributed by atoms with Crippen LogP contribution in [0.25, 0.3) is 0 Å². The van der Waals surface area contributed by atoms with E-state index in [0.717, 1.165) is 44.3 Å². The molecule has 2 fully saturated rings. The summed E-state index contributed by atoms with van der Waals surface area (Å²) in [5, 5.41) is 6.26. The van der Waals surface area contributed by atoms with Crippen LogP contribution in [0.15, 0.2) is 11.1 Å². The van der Waals surface area contributed by atoms with Crippen molar-refractivity contribution in [3.05, 3.63) is 11.1 Å². The van der Waals surface area contributed by atoms with Gasteiger partial charge in [0.15, 0.2) is 0 Å². The smallest absolute Gasteiger partial charge is 0.247 e. The first kappa shape index (κ1) is 11.6. The van der Waals surface area contributed by atoms with E-state index in [2.05, 4.69) is 10.6 Å². The van der Waals surface area contributed by atoms with Crippen LogP contribution in [0, 0.1) is 0 Å². The molecule has 1 aliphatic heterocycles. The topological polar surface area (TPSA) is 67.2 Å². The predicted octanol–water partition coefficient (Wildman–Crippen LogP) is 0.292. The maximum atomic E-state index is 11.9. The number of amides is 1. The maximum absolute atomic E-state index is 11.9. The number of nitrogens with one attached hydrogen (secondary N) is 2. The lowest BCUT2D eigenvalue weighted by atomic mass is 9.91. The van der Waals surface area contributed by atoms with Crippen molar-refractivity contribution in [1.82, 2.24) is 10.6 Å². The quantitative estimate of drug-likeness (QED) is 0.590. The molecule has 90 valence electrons. The average Bonchev–Trinajstić information content (AvgIpc) is 2.19. The second-order valence-corrected chi connectivity index (χ2v) is 4.92. The van der Waals surface area contributed by atoms with E-state index in [1.54, 1.807) is 0 Å². The molecule has 0 radical (unpaired) electrons. The monoisotopic (exact) mass is 223 g/mol. The summed E-state index contributed by atoms with van der Waals surface area (Å²) in [6.45, 7) is 3.66. The number of carbonyl (C=O) groups excluding carboxylic acids is 1. The van der Waals surface area contributed by atoms with Gasteiger partial charge in [0.05, 0.1) is 0 Å². The van der Waals surface area contributed by atoms with Crippen molar-refractivity contribution in [3.63, 3.8) is 0 Å². The molecule has 2 rings (SSSR count).